The Kier molecular flexibility index (Phi) is 18.5. The summed E-state index contributed by atoms with van der Waals surface area (Å²) in [6, 6.07) is 5.06. The van der Waals surface area contributed by atoms with Gasteiger partial charge in [0.05, 0.1) is 15.5 Å². The minimum atomic E-state index is -4.81. The molecule has 0 N–H and O–H groups in total. The zero-order valence-corrected chi connectivity index (χ0v) is 23.8. The van der Waals surface area contributed by atoms with Crippen molar-refractivity contribution in [3.05, 3.63) is 24.3 Å². The minimum absolute atomic E-state index is 0. The van der Waals surface area contributed by atoms with Gasteiger partial charge in [-0.3, -0.25) is 0 Å². The van der Waals surface area contributed by atoms with Crippen LogP contribution in [0.4, 0.5) is 0 Å². The average Bonchev–Trinajstić information content (AvgIpc) is 2.73. The van der Waals surface area contributed by atoms with E-state index in [1.54, 1.807) is 0 Å². The number of benzene rings is 1. The van der Waals surface area contributed by atoms with E-state index in [1.807, 2.05) is 0 Å². The molecule has 1 aromatic rings. The van der Waals surface area contributed by atoms with Gasteiger partial charge in [-0.1, -0.05) is 115 Å². The molecule has 0 aliphatic carbocycles. The van der Waals surface area contributed by atoms with E-state index in [1.165, 1.54) is 95.2 Å². The normalized spacial score (nSPS) is 11.9. The molecule has 0 unspecified atom stereocenters. The van der Waals surface area contributed by atoms with Crippen LogP contribution in [-0.4, -0.2) is 27.1 Å². The first-order valence-corrected chi connectivity index (χ1v) is 15.1. The van der Waals surface area contributed by atoms with Crippen molar-refractivity contribution in [1.29, 1.82) is 0 Å². The maximum atomic E-state index is 12.4. The van der Waals surface area contributed by atoms with Crippen LogP contribution >= 0.6 is 0 Å². The molecule has 0 aliphatic rings. The molecule has 1 aromatic carbocycles. The van der Waals surface area contributed by atoms with Crippen LogP contribution in [0.2, 0.25) is 0 Å². The van der Waals surface area contributed by atoms with Crippen LogP contribution in [0.25, 0.3) is 0 Å². The van der Waals surface area contributed by atoms with E-state index >= 15 is 0 Å². The van der Waals surface area contributed by atoms with Gasteiger partial charge in [-0.15, -0.1) is 0 Å². The van der Waals surface area contributed by atoms with Gasteiger partial charge < -0.3 is 4.55 Å². The van der Waals surface area contributed by atoms with Gasteiger partial charge in [0, 0.05) is 0 Å². The molecule has 0 amide bonds. The molecule has 0 aromatic heterocycles. The number of rotatable bonds is 19. The smallest absolute Gasteiger partial charge is 0.744 e. The molecule has 180 valence electrons. The molecule has 8 heteroatoms. The van der Waals surface area contributed by atoms with Gasteiger partial charge in [0.15, 0.2) is 9.84 Å². The fourth-order valence-corrected chi connectivity index (χ4v) is 6.58. The Morgan fingerprint density at radius 2 is 0.938 bits per heavy atom. The maximum Gasteiger partial charge on any atom is 1.00 e. The second-order valence-corrected chi connectivity index (χ2v) is 11.9. The summed E-state index contributed by atoms with van der Waals surface area (Å²) < 4.78 is 58.8. The first-order valence-electron chi connectivity index (χ1n) is 12.1. The fraction of sp³-hybridized carbons (Fsp3) is 0.750. The number of unbranched alkanes of at least 4 members (excludes halogenated alkanes) is 15. The Hall–Kier alpha value is 0.0800. The third-order valence-electron chi connectivity index (χ3n) is 5.72. The summed E-state index contributed by atoms with van der Waals surface area (Å²) in [5, 5.41) is 0. The Labute approximate surface area is 219 Å². The molecule has 0 saturated heterocycles. The van der Waals surface area contributed by atoms with E-state index in [9.17, 15) is 21.4 Å². The van der Waals surface area contributed by atoms with E-state index in [0.29, 0.717) is 6.42 Å². The van der Waals surface area contributed by atoms with Crippen LogP contribution in [0, 0.1) is 0 Å². The average molecular weight is 497 g/mol. The summed E-state index contributed by atoms with van der Waals surface area (Å²) in [4.78, 5) is -1.02. The largest absolute Gasteiger partial charge is 1.00 e. The molecule has 32 heavy (non-hydrogen) atoms. The van der Waals surface area contributed by atoms with Crippen LogP contribution in [0.1, 0.15) is 110 Å². The molecule has 0 spiro atoms. The summed E-state index contributed by atoms with van der Waals surface area (Å²) in [5.74, 6) is -0.127. The standard InChI is InChI=1S/C24H42O5S2.Na/c1-2-3-4-5-6-7-8-9-10-11-12-13-14-15-16-19-22-30(25,26)23-20-17-18-21-24(23)31(27,28)29;/h17-18,20-21H,2-16,19,22H2,1H3,(H,27,28,29);/q;+1/p-1. The third kappa shape index (κ3) is 14.4. The Morgan fingerprint density at radius 3 is 1.31 bits per heavy atom. The maximum absolute atomic E-state index is 12.4. The molecule has 0 bridgehead atoms. The molecule has 0 radical (unpaired) electrons. The Bertz CT molecular complexity index is 807. The summed E-state index contributed by atoms with van der Waals surface area (Å²) in [6.45, 7) is 2.25. The molecule has 5 nitrogen and oxygen atoms in total. The van der Waals surface area contributed by atoms with Crippen LogP contribution < -0.4 is 29.6 Å². The van der Waals surface area contributed by atoms with Crippen molar-refractivity contribution in [2.45, 2.75) is 119 Å². The summed E-state index contributed by atoms with van der Waals surface area (Å²) in [6.07, 6.45) is 19.3. The van der Waals surface area contributed by atoms with Crippen molar-refractivity contribution in [3.8, 4) is 0 Å². The second-order valence-electron chi connectivity index (χ2n) is 8.52. The zero-order valence-electron chi connectivity index (χ0n) is 20.2. The fourth-order valence-electron chi connectivity index (χ4n) is 3.86. The molecule has 1 rings (SSSR count). The SMILES string of the molecule is CCCCCCCCCCCCCCCCCCS(=O)(=O)c1ccccc1S(=O)(=O)[O-].[Na+]. The second kappa shape index (κ2) is 18.4. The van der Waals surface area contributed by atoms with Gasteiger partial charge in [-0.25, -0.2) is 16.8 Å². The van der Waals surface area contributed by atoms with Crippen LogP contribution in [-0.2, 0) is 20.0 Å². The molecular weight excluding hydrogens is 455 g/mol. The molecule has 0 heterocycles. The molecule has 0 atom stereocenters. The van der Waals surface area contributed by atoms with Crippen molar-refractivity contribution in [3.63, 3.8) is 0 Å². The van der Waals surface area contributed by atoms with Crippen LogP contribution in [0.15, 0.2) is 34.1 Å². The van der Waals surface area contributed by atoms with E-state index in [2.05, 4.69) is 6.92 Å². The van der Waals surface area contributed by atoms with Gasteiger partial charge in [0.1, 0.15) is 10.1 Å². The van der Waals surface area contributed by atoms with Crippen LogP contribution in [0.3, 0.4) is 0 Å². The summed E-state index contributed by atoms with van der Waals surface area (Å²) in [7, 11) is -8.58. The summed E-state index contributed by atoms with van der Waals surface area (Å²) >= 11 is 0. The Balaban J connectivity index is 0.00000961. The molecule has 0 aliphatic heterocycles. The van der Waals surface area contributed by atoms with Crippen molar-refractivity contribution in [2.75, 3.05) is 5.75 Å². The van der Waals surface area contributed by atoms with E-state index < -0.39 is 24.9 Å². The van der Waals surface area contributed by atoms with Crippen molar-refractivity contribution in [1.82, 2.24) is 0 Å². The predicted molar refractivity (Wildman–Crippen MR) is 126 cm³/mol. The molecule has 0 fully saturated rings. The van der Waals surface area contributed by atoms with E-state index in [-0.39, 0.29) is 40.2 Å². The van der Waals surface area contributed by atoms with E-state index in [0.717, 1.165) is 25.3 Å². The van der Waals surface area contributed by atoms with Gasteiger partial charge in [-0.05, 0) is 18.6 Å². The third-order valence-corrected chi connectivity index (χ3v) is 8.60. The number of sulfone groups is 1. The van der Waals surface area contributed by atoms with Crippen molar-refractivity contribution >= 4 is 20.0 Å². The van der Waals surface area contributed by atoms with Crippen molar-refractivity contribution < 1.29 is 50.9 Å². The first-order chi connectivity index (χ1) is 14.8. The van der Waals surface area contributed by atoms with E-state index in [4.69, 9.17) is 0 Å². The van der Waals surface area contributed by atoms with Crippen molar-refractivity contribution in [2.24, 2.45) is 0 Å². The Morgan fingerprint density at radius 1 is 0.594 bits per heavy atom. The number of hydrogen-bond donors (Lipinski definition) is 0. The van der Waals surface area contributed by atoms with Gasteiger partial charge in [-0.2, -0.15) is 0 Å². The minimum Gasteiger partial charge on any atom is -0.744 e. The topological polar surface area (TPSA) is 91.3 Å². The quantitative estimate of drug-likeness (QED) is 0.166. The number of hydrogen-bond acceptors (Lipinski definition) is 5. The molecule has 0 saturated carbocycles. The van der Waals surface area contributed by atoms with Gasteiger partial charge >= 0.3 is 29.6 Å². The van der Waals surface area contributed by atoms with Gasteiger partial charge in [0.2, 0.25) is 0 Å². The zero-order chi connectivity index (χ0) is 23.0. The monoisotopic (exact) mass is 496 g/mol. The van der Waals surface area contributed by atoms with Crippen LogP contribution in [0.5, 0.6) is 0 Å². The molecular formula is C24H41NaO5S2. The summed E-state index contributed by atoms with van der Waals surface area (Å²) in [5.41, 5.74) is 0. The first kappa shape index (κ1) is 32.1. The predicted octanol–water partition coefficient (Wildman–Crippen LogP) is 3.63. The van der Waals surface area contributed by atoms with Gasteiger partial charge in [0.25, 0.3) is 0 Å².